The van der Waals surface area contributed by atoms with Crippen LogP contribution in [0.3, 0.4) is 0 Å². The summed E-state index contributed by atoms with van der Waals surface area (Å²) in [5.74, 6) is 0. The number of hydrogen-bond acceptors (Lipinski definition) is 1. The fraction of sp³-hybridized carbons (Fsp3) is 0.188. The third-order valence-electron chi connectivity index (χ3n) is 3.40. The molecular formula is C16H16N2. The zero-order valence-electron chi connectivity index (χ0n) is 10.7. The first kappa shape index (κ1) is 11.0. The second-order valence-electron chi connectivity index (χ2n) is 4.73. The lowest BCUT2D eigenvalue weighted by atomic mass is 10.1. The first-order valence-electron chi connectivity index (χ1n) is 6.24. The van der Waals surface area contributed by atoms with Crippen molar-refractivity contribution in [2.75, 3.05) is 0 Å². The van der Waals surface area contributed by atoms with Gasteiger partial charge in [0, 0.05) is 12.4 Å². The van der Waals surface area contributed by atoms with E-state index in [1.54, 1.807) is 0 Å². The Morgan fingerprint density at radius 3 is 2.67 bits per heavy atom. The molecule has 0 aliphatic heterocycles. The van der Waals surface area contributed by atoms with Crippen LogP contribution in [0, 0.1) is 6.92 Å². The molecule has 0 fully saturated rings. The van der Waals surface area contributed by atoms with Gasteiger partial charge in [-0.2, -0.15) is 0 Å². The average Bonchev–Trinajstić information content (AvgIpc) is 2.82. The first-order chi connectivity index (χ1) is 8.75. The van der Waals surface area contributed by atoms with E-state index in [-0.39, 0.29) is 0 Å². The molecule has 0 saturated carbocycles. The largest absolute Gasteiger partial charge is 0.339 e. The van der Waals surface area contributed by atoms with Crippen molar-refractivity contribution < 1.29 is 0 Å². The van der Waals surface area contributed by atoms with Crippen LogP contribution >= 0.6 is 0 Å². The number of aryl methyl sites for hydroxylation is 1. The van der Waals surface area contributed by atoms with Crippen LogP contribution in [-0.2, 0) is 0 Å². The monoisotopic (exact) mass is 236 g/mol. The van der Waals surface area contributed by atoms with Crippen molar-refractivity contribution in [1.29, 1.82) is 0 Å². The molecule has 0 bridgehead atoms. The highest BCUT2D eigenvalue weighted by atomic mass is 15.0. The van der Waals surface area contributed by atoms with E-state index in [2.05, 4.69) is 72.1 Å². The smallest absolute Gasteiger partial charge is 0.0881 e. The van der Waals surface area contributed by atoms with Gasteiger partial charge in [0.2, 0.25) is 0 Å². The zero-order chi connectivity index (χ0) is 12.5. The highest BCUT2D eigenvalue weighted by Gasteiger charge is 2.10. The van der Waals surface area contributed by atoms with Crippen LogP contribution in [0.2, 0.25) is 0 Å². The summed E-state index contributed by atoms with van der Waals surface area (Å²) in [6.07, 6.45) is 4.04. The Morgan fingerprint density at radius 1 is 1.11 bits per heavy atom. The van der Waals surface area contributed by atoms with E-state index in [9.17, 15) is 0 Å². The first-order valence-corrected chi connectivity index (χ1v) is 6.24. The van der Waals surface area contributed by atoms with E-state index < -0.39 is 0 Å². The Hall–Kier alpha value is -2.09. The fourth-order valence-corrected chi connectivity index (χ4v) is 2.36. The van der Waals surface area contributed by atoms with Gasteiger partial charge in [0.25, 0.3) is 0 Å². The average molecular weight is 236 g/mol. The van der Waals surface area contributed by atoms with Crippen LogP contribution < -0.4 is 0 Å². The van der Waals surface area contributed by atoms with Gasteiger partial charge in [-0.05, 0) is 37.1 Å². The molecule has 0 aliphatic rings. The normalized spacial score (nSPS) is 12.8. The third-order valence-corrected chi connectivity index (χ3v) is 3.40. The second-order valence-corrected chi connectivity index (χ2v) is 4.73. The summed E-state index contributed by atoms with van der Waals surface area (Å²) in [5.41, 5.74) is 4.77. The number of nitrogens with zero attached hydrogens (tertiary/aromatic N) is 2. The highest BCUT2D eigenvalue weighted by molar-refractivity contribution is 5.76. The van der Waals surface area contributed by atoms with Crippen molar-refractivity contribution in [2.45, 2.75) is 19.9 Å². The molecule has 3 rings (SSSR count). The lowest BCUT2D eigenvalue weighted by Gasteiger charge is -2.15. The molecule has 0 unspecified atom stereocenters. The maximum absolute atomic E-state index is 4.46. The van der Waals surface area contributed by atoms with Gasteiger partial charge in [-0.15, -0.1) is 0 Å². The summed E-state index contributed by atoms with van der Waals surface area (Å²) < 4.78 is 2.28. The van der Waals surface area contributed by atoms with Crippen LogP contribution in [0.15, 0.2) is 54.9 Å². The standard InChI is InChI=1S/C16H16N2/c1-12-10-16-15(17-11-12)8-9-18(16)13(2)14-6-4-3-5-7-14/h3-11,13H,1-2H3/t13-/m1/s1. The maximum Gasteiger partial charge on any atom is 0.0881 e. The van der Waals surface area contributed by atoms with Gasteiger partial charge < -0.3 is 4.57 Å². The zero-order valence-corrected chi connectivity index (χ0v) is 10.7. The number of hydrogen-bond donors (Lipinski definition) is 0. The van der Waals surface area contributed by atoms with Crippen LogP contribution in [0.1, 0.15) is 24.1 Å². The Bertz CT molecular complexity index is 668. The summed E-state index contributed by atoms with van der Waals surface area (Å²) in [7, 11) is 0. The topological polar surface area (TPSA) is 17.8 Å². The van der Waals surface area contributed by atoms with Crippen molar-refractivity contribution in [1.82, 2.24) is 9.55 Å². The molecule has 90 valence electrons. The fourth-order valence-electron chi connectivity index (χ4n) is 2.36. The minimum absolute atomic E-state index is 0.326. The summed E-state index contributed by atoms with van der Waals surface area (Å²) in [4.78, 5) is 4.46. The highest BCUT2D eigenvalue weighted by Crippen LogP contribution is 2.24. The van der Waals surface area contributed by atoms with Gasteiger partial charge in [-0.25, -0.2) is 0 Å². The van der Waals surface area contributed by atoms with Crippen LogP contribution in [-0.4, -0.2) is 9.55 Å². The van der Waals surface area contributed by atoms with E-state index in [0.29, 0.717) is 6.04 Å². The van der Waals surface area contributed by atoms with Crippen molar-refractivity contribution >= 4 is 11.0 Å². The molecule has 3 aromatic rings. The van der Waals surface area contributed by atoms with Gasteiger partial charge in [-0.1, -0.05) is 30.3 Å². The van der Waals surface area contributed by atoms with Gasteiger partial charge >= 0.3 is 0 Å². The molecular weight excluding hydrogens is 220 g/mol. The predicted molar refractivity (Wildman–Crippen MR) is 74.7 cm³/mol. The molecule has 2 nitrogen and oxygen atoms in total. The SMILES string of the molecule is Cc1cnc2ccn([C@H](C)c3ccccc3)c2c1. The van der Waals surface area contributed by atoms with Crippen molar-refractivity contribution in [2.24, 2.45) is 0 Å². The molecule has 2 aromatic heterocycles. The van der Waals surface area contributed by atoms with Crippen molar-refractivity contribution in [3.8, 4) is 0 Å². The molecule has 0 amide bonds. The lowest BCUT2D eigenvalue weighted by Crippen LogP contribution is -2.05. The Morgan fingerprint density at radius 2 is 1.89 bits per heavy atom. The molecule has 0 N–H and O–H groups in total. The molecule has 0 radical (unpaired) electrons. The molecule has 18 heavy (non-hydrogen) atoms. The summed E-state index contributed by atoms with van der Waals surface area (Å²) in [6, 6.07) is 15.2. The quantitative estimate of drug-likeness (QED) is 0.658. The number of pyridine rings is 1. The van der Waals surface area contributed by atoms with E-state index in [1.165, 1.54) is 16.6 Å². The molecule has 0 aliphatic carbocycles. The second kappa shape index (κ2) is 4.30. The van der Waals surface area contributed by atoms with E-state index in [0.717, 1.165) is 5.52 Å². The number of benzene rings is 1. The molecule has 1 aromatic carbocycles. The summed E-state index contributed by atoms with van der Waals surface area (Å²) >= 11 is 0. The van der Waals surface area contributed by atoms with Crippen LogP contribution in [0.25, 0.3) is 11.0 Å². The molecule has 2 heteroatoms. The van der Waals surface area contributed by atoms with E-state index in [4.69, 9.17) is 0 Å². The van der Waals surface area contributed by atoms with Crippen LogP contribution in [0.5, 0.6) is 0 Å². The maximum atomic E-state index is 4.46. The Balaban J connectivity index is 2.12. The molecule has 0 spiro atoms. The number of fused-ring (bicyclic) bond motifs is 1. The minimum atomic E-state index is 0.326. The Labute approximate surface area is 107 Å². The predicted octanol–water partition coefficient (Wildman–Crippen LogP) is 3.95. The van der Waals surface area contributed by atoms with Gasteiger partial charge in [-0.3, -0.25) is 4.98 Å². The number of aromatic nitrogens is 2. The minimum Gasteiger partial charge on any atom is -0.339 e. The van der Waals surface area contributed by atoms with Crippen molar-refractivity contribution in [3.63, 3.8) is 0 Å². The molecule has 0 saturated heterocycles. The Kier molecular flexibility index (Phi) is 2.63. The summed E-state index contributed by atoms with van der Waals surface area (Å²) in [5, 5.41) is 0. The summed E-state index contributed by atoms with van der Waals surface area (Å²) in [6.45, 7) is 4.30. The van der Waals surface area contributed by atoms with Crippen LogP contribution in [0.4, 0.5) is 0 Å². The van der Waals surface area contributed by atoms with E-state index >= 15 is 0 Å². The van der Waals surface area contributed by atoms with Gasteiger partial charge in [0.1, 0.15) is 0 Å². The van der Waals surface area contributed by atoms with Gasteiger partial charge in [0.05, 0.1) is 17.1 Å². The van der Waals surface area contributed by atoms with Crippen molar-refractivity contribution in [3.05, 3.63) is 66.0 Å². The third kappa shape index (κ3) is 1.80. The lowest BCUT2D eigenvalue weighted by molar-refractivity contribution is 0.664. The molecule has 1 atom stereocenters. The number of rotatable bonds is 2. The van der Waals surface area contributed by atoms with Gasteiger partial charge in [0.15, 0.2) is 0 Å². The van der Waals surface area contributed by atoms with E-state index in [1.807, 2.05) is 6.20 Å². The molecule has 2 heterocycles.